The van der Waals surface area contributed by atoms with E-state index in [2.05, 4.69) is 5.32 Å². The Morgan fingerprint density at radius 3 is 2.59 bits per heavy atom. The number of carbonyl (C=O) groups is 2. The van der Waals surface area contributed by atoms with Gasteiger partial charge in [-0.15, -0.1) is 0 Å². The van der Waals surface area contributed by atoms with E-state index in [0.29, 0.717) is 32.0 Å². The van der Waals surface area contributed by atoms with Crippen LogP contribution in [0.3, 0.4) is 0 Å². The van der Waals surface area contributed by atoms with Crippen molar-refractivity contribution in [3.63, 3.8) is 0 Å². The van der Waals surface area contributed by atoms with Gasteiger partial charge < -0.3 is 24.3 Å². The van der Waals surface area contributed by atoms with Crippen LogP contribution < -0.4 is 10.1 Å². The molecule has 1 aromatic carbocycles. The molecule has 2 rings (SSSR count). The fourth-order valence-corrected chi connectivity index (χ4v) is 2.54. The van der Waals surface area contributed by atoms with E-state index in [4.69, 9.17) is 19.0 Å². The van der Waals surface area contributed by atoms with Gasteiger partial charge in [-0.1, -0.05) is 19.1 Å². The van der Waals surface area contributed by atoms with Crippen LogP contribution >= 0.6 is 0 Å². The highest BCUT2D eigenvalue weighted by atomic mass is 16.5. The Hall–Kier alpha value is -2.80. The van der Waals surface area contributed by atoms with Crippen molar-refractivity contribution in [1.29, 1.82) is 0 Å². The Morgan fingerprint density at radius 1 is 1.19 bits per heavy atom. The molecule has 7 heteroatoms. The number of ether oxygens (including phenoxy) is 2. The molecule has 0 saturated heterocycles. The van der Waals surface area contributed by atoms with Gasteiger partial charge in [0.1, 0.15) is 23.7 Å². The number of hydrogen-bond acceptors (Lipinski definition) is 5. The third-order valence-corrected chi connectivity index (χ3v) is 3.94. The first-order valence-electron chi connectivity index (χ1n) is 8.90. The second kappa shape index (κ2) is 9.78. The minimum Gasteiger partial charge on any atom is -0.491 e. The van der Waals surface area contributed by atoms with Gasteiger partial charge in [0.25, 0.3) is 5.91 Å². The summed E-state index contributed by atoms with van der Waals surface area (Å²) in [7, 11) is 0. The van der Waals surface area contributed by atoms with Crippen LogP contribution in [0.15, 0.2) is 28.7 Å². The van der Waals surface area contributed by atoms with E-state index in [0.717, 1.165) is 11.1 Å². The molecular weight excluding hydrogens is 350 g/mol. The second-order valence-electron chi connectivity index (χ2n) is 5.95. The summed E-state index contributed by atoms with van der Waals surface area (Å²) in [5, 5.41) is 11.9. The highest BCUT2D eigenvalue weighted by Crippen LogP contribution is 2.21. The van der Waals surface area contributed by atoms with E-state index in [1.165, 1.54) is 6.07 Å². The van der Waals surface area contributed by atoms with Gasteiger partial charge in [-0.05, 0) is 25.5 Å². The van der Waals surface area contributed by atoms with Crippen LogP contribution in [-0.2, 0) is 17.7 Å². The molecule has 2 aromatic rings. The quantitative estimate of drug-likeness (QED) is 0.619. The van der Waals surface area contributed by atoms with Gasteiger partial charge in [-0.25, -0.2) is 4.79 Å². The smallest absolute Gasteiger partial charge is 0.339 e. The number of carboxylic acid groups (broad SMARTS) is 1. The number of rotatable bonds is 10. The summed E-state index contributed by atoms with van der Waals surface area (Å²) in [5.41, 5.74) is 1.87. The van der Waals surface area contributed by atoms with E-state index in [-0.39, 0.29) is 23.6 Å². The Kier molecular flexibility index (Phi) is 7.43. The molecule has 0 saturated carbocycles. The first kappa shape index (κ1) is 20.5. The van der Waals surface area contributed by atoms with Gasteiger partial charge in [0, 0.05) is 31.2 Å². The molecule has 0 aliphatic heterocycles. The molecule has 0 atom stereocenters. The van der Waals surface area contributed by atoms with E-state index in [1.807, 2.05) is 32.0 Å². The number of hydrogen-bond donors (Lipinski definition) is 2. The zero-order valence-electron chi connectivity index (χ0n) is 15.8. The van der Waals surface area contributed by atoms with Gasteiger partial charge in [-0.2, -0.15) is 0 Å². The zero-order valence-corrected chi connectivity index (χ0v) is 15.8. The van der Waals surface area contributed by atoms with Crippen LogP contribution in [-0.4, -0.2) is 36.8 Å². The molecule has 0 spiro atoms. The summed E-state index contributed by atoms with van der Waals surface area (Å²) in [4.78, 5) is 23.5. The Balaban J connectivity index is 2.05. The van der Waals surface area contributed by atoms with Crippen molar-refractivity contribution in [3.8, 4) is 5.75 Å². The Morgan fingerprint density at radius 2 is 1.96 bits per heavy atom. The maximum Gasteiger partial charge on any atom is 0.339 e. The van der Waals surface area contributed by atoms with E-state index in [1.54, 1.807) is 6.92 Å². The summed E-state index contributed by atoms with van der Waals surface area (Å²) in [5.74, 6) is -0.649. The number of carboxylic acids is 1. The molecule has 0 bridgehead atoms. The van der Waals surface area contributed by atoms with Crippen molar-refractivity contribution >= 4 is 11.9 Å². The first-order valence-corrected chi connectivity index (χ1v) is 8.90. The predicted octanol–water partition coefficient (Wildman–Crippen LogP) is 3.19. The highest BCUT2D eigenvalue weighted by molar-refractivity contribution is 5.96. The van der Waals surface area contributed by atoms with Crippen LogP contribution in [0.4, 0.5) is 0 Å². The Labute approximate surface area is 158 Å². The zero-order chi connectivity index (χ0) is 19.8. The van der Waals surface area contributed by atoms with E-state index >= 15 is 0 Å². The average Bonchev–Trinajstić information content (AvgIpc) is 3.09. The lowest BCUT2D eigenvalue weighted by atomic mass is 10.1. The van der Waals surface area contributed by atoms with Crippen LogP contribution in [0.25, 0.3) is 0 Å². The van der Waals surface area contributed by atoms with Gasteiger partial charge in [0.05, 0.1) is 6.61 Å². The number of aromatic carboxylic acids is 1. The van der Waals surface area contributed by atoms with Crippen molar-refractivity contribution in [1.82, 2.24) is 5.32 Å². The standard InChI is InChI=1S/C20H25NO6/c1-4-16-15(20(23)24)11-18(27-16)19(22)21-12-14-7-6-13(3)10-17(14)26-9-8-25-5-2/h6-7,10-11H,4-5,8-9,12H2,1-3H3,(H,21,22)(H,23,24). The van der Waals surface area contributed by atoms with Crippen molar-refractivity contribution in [2.75, 3.05) is 19.8 Å². The van der Waals surface area contributed by atoms with E-state index in [9.17, 15) is 9.59 Å². The summed E-state index contributed by atoms with van der Waals surface area (Å²) in [6.45, 7) is 7.40. The number of benzene rings is 1. The summed E-state index contributed by atoms with van der Waals surface area (Å²) < 4.78 is 16.4. The van der Waals surface area contributed by atoms with Gasteiger partial charge in [0.15, 0.2) is 5.76 Å². The topological polar surface area (TPSA) is 98.0 Å². The molecule has 7 nitrogen and oxygen atoms in total. The second-order valence-corrected chi connectivity index (χ2v) is 5.95. The normalized spacial score (nSPS) is 10.6. The molecule has 1 heterocycles. The maximum atomic E-state index is 12.3. The van der Waals surface area contributed by atoms with Crippen molar-refractivity contribution in [2.45, 2.75) is 33.7 Å². The SMILES string of the molecule is CCOCCOc1cc(C)ccc1CNC(=O)c1cc(C(=O)O)c(CC)o1. The molecule has 0 aliphatic carbocycles. The number of aryl methyl sites for hydroxylation is 2. The molecule has 146 valence electrons. The molecule has 1 amide bonds. The van der Waals surface area contributed by atoms with Gasteiger partial charge in [0.2, 0.25) is 0 Å². The third kappa shape index (κ3) is 5.59. The third-order valence-electron chi connectivity index (χ3n) is 3.94. The monoisotopic (exact) mass is 375 g/mol. The number of furan rings is 1. The molecular formula is C20H25NO6. The van der Waals surface area contributed by atoms with Gasteiger partial charge >= 0.3 is 5.97 Å². The molecule has 1 aromatic heterocycles. The molecule has 2 N–H and O–H groups in total. The lowest BCUT2D eigenvalue weighted by Gasteiger charge is -2.13. The van der Waals surface area contributed by atoms with Gasteiger partial charge in [-0.3, -0.25) is 4.79 Å². The largest absolute Gasteiger partial charge is 0.491 e. The summed E-state index contributed by atoms with van der Waals surface area (Å²) in [6.07, 6.45) is 0.394. The van der Waals surface area contributed by atoms with Crippen molar-refractivity contribution in [3.05, 3.63) is 52.5 Å². The molecule has 0 radical (unpaired) electrons. The molecule has 27 heavy (non-hydrogen) atoms. The predicted molar refractivity (Wildman–Crippen MR) is 99.4 cm³/mol. The first-order chi connectivity index (χ1) is 13.0. The number of nitrogens with one attached hydrogen (secondary N) is 1. The van der Waals surface area contributed by atoms with Crippen LogP contribution in [0.1, 0.15) is 51.6 Å². The number of carbonyl (C=O) groups excluding carboxylic acids is 1. The van der Waals surface area contributed by atoms with Crippen LogP contribution in [0.2, 0.25) is 0 Å². The van der Waals surface area contributed by atoms with Crippen LogP contribution in [0.5, 0.6) is 5.75 Å². The summed E-state index contributed by atoms with van der Waals surface area (Å²) >= 11 is 0. The fourth-order valence-electron chi connectivity index (χ4n) is 2.54. The Bertz CT molecular complexity index is 796. The van der Waals surface area contributed by atoms with Crippen LogP contribution in [0, 0.1) is 6.92 Å². The average molecular weight is 375 g/mol. The minimum atomic E-state index is -1.11. The molecule has 0 unspecified atom stereocenters. The summed E-state index contributed by atoms with van der Waals surface area (Å²) in [6, 6.07) is 6.97. The fraction of sp³-hybridized carbons (Fsp3) is 0.400. The lowest BCUT2D eigenvalue weighted by molar-refractivity contribution is 0.0694. The van der Waals surface area contributed by atoms with E-state index < -0.39 is 11.9 Å². The molecule has 0 fully saturated rings. The highest BCUT2D eigenvalue weighted by Gasteiger charge is 2.20. The number of amides is 1. The van der Waals surface area contributed by atoms with Crippen molar-refractivity contribution in [2.24, 2.45) is 0 Å². The maximum absolute atomic E-state index is 12.3. The van der Waals surface area contributed by atoms with Crippen molar-refractivity contribution < 1.29 is 28.6 Å². The minimum absolute atomic E-state index is 0.0120. The molecule has 0 aliphatic rings. The lowest BCUT2D eigenvalue weighted by Crippen LogP contribution is -2.23.